The third-order valence-electron chi connectivity index (χ3n) is 2.75. The highest BCUT2D eigenvalue weighted by atomic mass is 16.5. The molecule has 1 aromatic rings. The van der Waals surface area contributed by atoms with Crippen LogP contribution in [0.5, 0.6) is 5.75 Å². The molecule has 0 atom stereocenters. The van der Waals surface area contributed by atoms with E-state index >= 15 is 0 Å². The van der Waals surface area contributed by atoms with E-state index < -0.39 is 5.97 Å². The van der Waals surface area contributed by atoms with E-state index in [1.165, 1.54) is 19.2 Å². The van der Waals surface area contributed by atoms with Crippen molar-refractivity contribution in [1.82, 2.24) is 5.32 Å². The number of anilines is 1. The molecule has 1 saturated carbocycles. The quantitative estimate of drug-likeness (QED) is 0.604. The molecule has 0 aliphatic heterocycles. The van der Waals surface area contributed by atoms with Crippen LogP contribution in [0.3, 0.4) is 0 Å². The van der Waals surface area contributed by atoms with Gasteiger partial charge in [0.15, 0.2) is 6.61 Å². The Morgan fingerprint density at radius 2 is 2.16 bits per heavy atom. The third-order valence-corrected chi connectivity index (χ3v) is 2.75. The van der Waals surface area contributed by atoms with Gasteiger partial charge in [-0.3, -0.25) is 4.79 Å². The van der Waals surface area contributed by atoms with Gasteiger partial charge < -0.3 is 20.5 Å². The van der Waals surface area contributed by atoms with E-state index in [2.05, 4.69) is 5.32 Å². The lowest BCUT2D eigenvalue weighted by atomic mass is 10.2. The van der Waals surface area contributed by atoms with Crippen LogP contribution in [0.1, 0.15) is 23.2 Å². The van der Waals surface area contributed by atoms with Gasteiger partial charge in [0.05, 0.1) is 18.4 Å². The number of esters is 1. The zero-order chi connectivity index (χ0) is 13.8. The number of ether oxygens (including phenoxy) is 2. The second-order valence-electron chi connectivity index (χ2n) is 4.37. The number of nitrogens with two attached hydrogens (primary N) is 1. The van der Waals surface area contributed by atoms with Crippen molar-refractivity contribution < 1.29 is 19.1 Å². The average molecular weight is 264 g/mol. The number of hydrogen-bond donors (Lipinski definition) is 2. The maximum Gasteiger partial charge on any atom is 0.338 e. The summed E-state index contributed by atoms with van der Waals surface area (Å²) >= 11 is 0. The Kier molecular flexibility index (Phi) is 3.89. The molecule has 6 heteroatoms. The van der Waals surface area contributed by atoms with E-state index in [1.54, 1.807) is 6.07 Å². The molecule has 2 rings (SSSR count). The first-order valence-corrected chi connectivity index (χ1v) is 6.00. The predicted octanol–water partition coefficient (Wildman–Crippen LogP) is 0.713. The lowest BCUT2D eigenvalue weighted by Crippen LogP contribution is -2.30. The first kappa shape index (κ1) is 13.2. The molecule has 1 aromatic carbocycles. The van der Waals surface area contributed by atoms with Crippen LogP contribution < -0.4 is 15.8 Å². The minimum absolute atomic E-state index is 0.253. The Balaban J connectivity index is 1.89. The molecule has 0 aromatic heterocycles. The van der Waals surface area contributed by atoms with Gasteiger partial charge in [-0.05, 0) is 31.0 Å². The van der Waals surface area contributed by atoms with Gasteiger partial charge in [0, 0.05) is 6.04 Å². The number of benzene rings is 1. The van der Waals surface area contributed by atoms with E-state index in [1.807, 2.05) is 0 Å². The maximum absolute atomic E-state index is 11.7. The normalized spacial score (nSPS) is 13.7. The highest BCUT2D eigenvalue weighted by Gasteiger charge is 2.23. The van der Waals surface area contributed by atoms with Gasteiger partial charge in [0.2, 0.25) is 0 Å². The van der Waals surface area contributed by atoms with E-state index in [9.17, 15) is 9.59 Å². The van der Waals surface area contributed by atoms with Gasteiger partial charge in [0.1, 0.15) is 5.75 Å². The fourth-order valence-electron chi connectivity index (χ4n) is 1.55. The first-order chi connectivity index (χ1) is 9.10. The summed E-state index contributed by atoms with van der Waals surface area (Å²) in [6.45, 7) is -0.276. The number of amides is 1. The number of rotatable bonds is 5. The molecule has 0 saturated heterocycles. The molecule has 1 aliphatic rings. The fraction of sp³-hybridized carbons (Fsp3) is 0.385. The van der Waals surface area contributed by atoms with Gasteiger partial charge in [-0.2, -0.15) is 0 Å². The molecule has 0 spiro atoms. The summed E-state index contributed by atoms with van der Waals surface area (Å²) in [5, 5.41) is 2.73. The van der Waals surface area contributed by atoms with Crippen LogP contribution in [0.15, 0.2) is 18.2 Å². The summed E-state index contributed by atoms with van der Waals surface area (Å²) in [5.74, 6) is -0.459. The second-order valence-corrected chi connectivity index (χ2v) is 4.37. The van der Waals surface area contributed by atoms with E-state index in [-0.39, 0.29) is 18.6 Å². The monoisotopic (exact) mass is 264 g/mol. The van der Waals surface area contributed by atoms with E-state index in [0.29, 0.717) is 17.0 Å². The minimum atomic E-state index is -0.579. The number of carbonyl (C=O) groups excluding carboxylic acids is 2. The smallest absolute Gasteiger partial charge is 0.338 e. The zero-order valence-electron chi connectivity index (χ0n) is 10.6. The van der Waals surface area contributed by atoms with Crippen LogP contribution in [0.2, 0.25) is 0 Å². The lowest BCUT2D eigenvalue weighted by molar-refractivity contribution is -0.124. The molecule has 6 nitrogen and oxygen atoms in total. The molecule has 0 unspecified atom stereocenters. The number of methoxy groups -OCH3 is 1. The molecule has 0 bridgehead atoms. The highest BCUT2D eigenvalue weighted by molar-refractivity contribution is 5.92. The zero-order valence-corrected chi connectivity index (χ0v) is 10.6. The largest absolute Gasteiger partial charge is 0.495 e. The Morgan fingerprint density at radius 3 is 2.79 bits per heavy atom. The molecule has 19 heavy (non-hydrogen) atoms. The van der Waals surface area contributed by atoms with Crippen molar-refractivity contribution in [3.8, 4) is 5.75 Å². The molecule has 102 valence electrons. The summed E-state index contributed by atoms with van der Waals surface area (Å²) in [7, 11) is 1.46. The Bertz CT molecular complexity index is 497. The summed E-state index contributed by atoms with van der Waals surface area (Å²) in [4.78, 5) is 23.1. The van der Waals surface area contributed by atoms with Crippen molar-refractivity contribution >= 4 is 17.6 Å². The molecule has 1 fully saturated rings. The number of nitrogens with one attached hydrogen (secondary N) is 1. The summed E-state index contributed by atoms with van der Waals surface area (Å²) in [5.41, 5.74) is 6.38. The number of carbonyl (C=O) groups is 2. The summed E-state index contributed by atoms with van der Waals surface area (Å²) < 4.78 is 9.92. The first-order valence-electron chi connectivity index (χ1n) is 6.00. The van der Waals surface area contributed by atoms with Crippen LogP contribution in [0.25, 0.3) is 0 Å². The Hall–Kier alpha value is -2.24. The Morgan fingerprint density at radius 1 is 1.42 bits per heavy atom. The van der Waals surface area contributed by atoms with Gasteiger partial charge in [-0.15, -0.1) is 0 Å². The molecular formula is C13H16N2O4. The van der Waals surface area contributed by atoms with Crippen molar-refractivity contribution in [1.29, 1.82) is 0 Å². The maximum atomic E-state index is 11.7. The molecule has 0 radical (unpaired) electrons. The van der Waals surface area contributed by atoms with Gasteiger partial charge >= 0.3 is 5.97 Å². The van der Waals surface area contributed by atoms with Gasteiger partial charge in [-0.1, -0.05) is 0 Å². The Labute approximate surface area is 110 Å². The molecule has 0 heterocycles. The van der Waals surface area contributed by atoms with E-state index in [0.717, 1.165) is 12.8 Å². The van der Waals surface area contributed by atoms with Crippen molar-refractivity contribution in [3.63, 3.8) is 0 Å². The fourth-order valence-corrected chi connectivity index (χ4v) is 1.55. The topological polar surface area (TPSA) is 90.6 Å². The van der Waals surface area contributed by atoms with Crippen LogP contribution in [-0.2, 0) is 9.53 Å². The number of nitrogen functional groups attached to an aromatic ring is 1. The van der Waals surface area contributed by atoms with Crippen LogP contribution in [-0.4, -0.2) is 31.6 Å². The molecular weight excluding hydrogens is 248 g/mol. The minimum Gasteiger partial charge on any atom is -0.495 e. The summed E-state index contributed by atoms with van der Waals surface area (Å²) in [6.07, 6.45) is 1.99. The average Bonchev–Trinajstić information content (AvgIpc) is 3.20. The van der Waals surface area contributed by atoms with Crippen molar-refractivity contribution in [2.75, 3.05) is 19.5 Å². The predicted molar refractivity (Wildman–Crippen MR) is 68.9 cm³/mol. The third kappa shape index (κ3) is 3.61. The molecule has 1 amide bonds. The van der Waals surface area contributed by atoms with Crippen LogP contribution >= 0.6 is 0 Å². The van der Waals surface area contributed by atoms with Crippen molar-refractivity contribution in [2.45, 2.75) is 18.9 Å². The van der Waals surface area contributed by atoms with Gasteiger partial charge in [0.25, 0.3) is 5.91 Å². The lowest BCUT2D eigenvalue weighted by Gasteiger charge is -2.08. The van der Waals surface area contributed by atoms with E-state index in [4.69, 9.17) is 15.2 Å². The SMILES string of the molecule is COc1cc(C(=O)OCC(=O)NC2CC2)ccc1N. The standard InChI is InChI=1S/C13H16N2O4/c1-18-11-6-8(2-5-10(11)14)13(17)19-7-12(16)15-9-3-4-9/h2,5-6,9H,3-4,7,14H2,1H3,(H,15,16). The molecule has 1 aliphatic carbocycles. The highest BCUT2D eigenvalue weighted by Crippen LogP contribution is 2.22. The summed E-state index contributed by atoms with van der Waals surface area (Å²) in [6, 6.07) is 4.82. The van der Waals surface area contributed by atoms with Crippen molar-refractivity contribution in [3.05, 3.63) is 23.8 Å². The van der Waals surface area contributed by atoms with Crippen LogP contribution in [0.4, 0.5) is 5.69 Å². The van der Waals surface area contributed by atoms with Gasteiger partial charge in [-0.25, -0.2) is 4.79 Å². The number of hydrogen-bond acceptors (Lipinski definition) is 5. The van der Waals surface area contributed by atoms with Crippen molar-refractivity contribution in [2.24, 2.45) is 0 Å². The van der Waals surface area contributed by atoms with Crippen LogP contribution in [0, 0.1) is 0 Å². The molecule has 3 N–H and O–H groups in total. The second kappa shape index (κ2) is 5.60.